The van der Waals surface area contributed by atoms with E-state index in [4.69, 9.17) is 23.4 Å². The highest BCUT2D eigenvalue weighted by atomic mass is 19.4. The summed E-state index contributed by atoms with van der Waals surface area (Å²) in [7, 11) is 4.39. The minimum Gasteiger partial charge on any atom is -0.493 e. The molecular weight excluding hydrogens is 421 g/mol. The number of methoxy groups -OCH3 is 3. The summed E-state index contributed by atoms with van der Waals surface area (Å²) in [5.74, 6) is 0.416. The van der Waals surface area contributed by atoms with Crippen molar-refractivity contribution in [2.75, 3.05) is 21.3 Å². The van der Waals surface area contributed by atoms with Crippen molar-refractivity contribution in [1.29, 1.82) is 0 Å². The van der Waals surface area contributed by atoms with E-state index in [1.54, 1.807) is 12.1 Å². The van der Waals surface area contributed by atoms with Crippen molar-refractivity contribution < 1.29 is 41.3 Å². The molecule has 0 aliphatic carbocycles. The maximum atomic E-state index is 12.6. The molecule has 0 spiro atoms. The van der Waals surface area contributed by atoms with Crippen molar-refractivity contribution >= 4 is 5.97 Å². The van der Waals surface area contributed by atoms with E-state index in [1.165, 1.54) is 21.3 Å². The van der Waals surface area contributed by atoms with Crippen molar-refractivity contribution in [3.63, 3.8) is 0 Å². The molecule has 2 aromatic carbocycles. The first kappa shape index (κ1) is 21.9. The summed E-state index contributed by atoms with van der Waals surface area (Å²) in [5, 5.41) is 7.70. The van der Waals surface area contributed by atoms with Crippen LogP contribution in [0.25, 0.3) is 11.5 Å². The molecule has 0 unspecified atom stereocenters. The highest BCUT2D eigenvalue weighted by Gasteiger charge is 2.30. The van der Waals surface area contributed by atoms with Crippen molar-refractivity contribution in [1.82, 2.24) is 10.2 Å². The van der Waals surface area contributed by atoms with Gasteiger partial charge in [0.15, 0.2) is 18.1 Å². The normalized spacial score (nSPS) is 11.2. The van der Waals surface area contributed by atoms with E-state index in [0.29, 0.717) is 22.8 Å². The van der Waals surface area contributed by atoms with E-state index in [2.05, 4.69) is 10.2 Å². The lowest BCUT2D eigenvalue weighted by Crippen LogP contribution is -2.08. The van der Waals surface area contributed by atoms with Crippen LogP contribution in [-0.4, -0.2) is 37.5 Å². The van der Waals surface area contributed by atoms with Gasteiger partial charge < -0.3 is 23.4 Å². The SMILES string of the molecule is COc1cc(-c2nnc(COC(=O)c3ccc(C(F)(F)F)cc3)o2)cc(OC)c1OC. The van der Waals surface area contributed by atoms with E-state index in [-0.39, 0.29) is 24.0 Å². The summed E-state index contributed by atoms with van der Waals surface area (Å²) in [5.41, 5.74) is -0.435. The Morgan fingerprint density at radius 3 is 2.10 bits per heavy atom. The molecule has 0 N–H and O–H groups in total. The highest BCUT2D eigenvalue weighted by molar-refractivity contribution is 5.89. The molecular formula is C20H17F3N2O6. The fourth-order valence-corrected chi connectivity index (χ4v) is 2.64. The zero-order valence-electron chi connectivity index (χ0n) is 16.6. The van der Waals surface area contributed by atoms with Crippen LogP contribution in [0, 0.1) is 0 Å². The number of ether oxygens (including phenoxy) is 4. The molecule has 11 heteroatoms. The quantitative estimate of drug-likeness (QED) is 0.509. The van der Waals surface area contributed by atoms with Gasteiger partial charge in [-0.25, -0.2) is 4.79 Å². The van der Waals surface area contributed by atoms with E-state index in [1.807, 2.05) is 0 Å². The lowest BCUT2D eigenvalue weighted by atomic mass is 10.1. The molecule has 0 saturated heterocycles. The van der Waals surface area contributed by atoms with Gasteiger partial charge >= 0.3 is 12.1 Å². The third-order valence-corrected chi connectivity index (χ3v) is 4.15. The van der Waals surface area contributed by atoms with Crippen molar-refractivity contribution in [2.24, 2.45) is 0 Å². The van der Waals surface area contributed by atoms with Gasteiger partial charge in [-0.2, -0.15) is 13.2 Å². The molecule has 0 atom stereocenters. The number of carbonyl (C=O) groups is 1. The smallest absolute Gasteiger partial charge is 0.416 e. The monoisotopic (exact) mass is 438 g/mol. The van der Waals surface area contributed by atoms with Crippen LogP contribution in [-0.2, 0) is 17.5 Å². The minimum absolute atomic E-state index is 0.0102. The summed E-state index contributed by atoms with van der Waals surface area (Å²) in [6, 6.07) is 6.86. The van der Waals surface area contributed by atoms with E-state index in [0.717, 1.165) is 24.3 Å². The van der Waals surface area contributed by atoms with Crippen LogP contribution in [0.2, 0.25) is 0 Å². The molecule has 0 aliphatic rings. The molecule has 1 heterocycles. The van der Waals surface area contributed by atoms with Crippen molar-refractivity contribution in [2.45, 2.75) is 12.8 Å². The number of benzene rings is 2. The maximum absolute atomic E-state index is 12.6. The molecule has 1 aromatic heterocycles. The number of carbonyl (C=O) groups excluding carboxylic acids is 1. The predicted molar refractivity (Wildman–Crippen MR) is 100.0 cm³/mol. The molecule has 8 nitrogen and oxygen atoms in total. The van der Waals surface area contributed by atoms with Crippen molar-refractivity contribution in [3.05, 3.63) is 53.4 Å². The fraction of sp³-hybridized carbons (Fsp3) is 0.250. The summed E-state index contributed by atoms with van der Waals surface area (Å²) >= 11 is 0. The number of halogens is 3. The van der Waals surface area contributed by atoms with Crippen LogP contribution < -0.4 is 14.2 Å². The van der Waals surface area contributed by atoms with Crippen LogP contribution in [0.3, 0.4) is 0 Å². The van der Waals surface area contributed by atoms with Gasteiger partial charge in [0.05, 0.1) is 32.5 Å². The van der Waals surface area contributed by atoms with E-state index in [9.17, 15) is 18.0 Å². The van der Waals surface area contributed by atoms with Crippen molar-refractivity contribution in [3.8, 4) is 28.7 Å². The first-order valence-electron chi connectivity index (χ1n) is 8.74. The fourth-order valence-electron chi connectivity index (χ4n) is 2.64. The summed E-state index contributed by atoms with van der Waals surface area (Å²) in [6.45, 7) is -0.364. The zero-order valence-corrected chi connectivity index (χ0v) is 16.6. The molecule has 31 heavy (non-hydrogen) atoms. The molecule has 0 aliphatic heterocycles. The number of hydrogen-bond acceptors (Lipinski definition) is 8. The van der Waals surface area contributed by atoms with Gasteiger partial charge in [0.2, 0.25) is 11.6 Å². The molecule has 0 fully saturated rings. The summed E-state index contributed by atoms with van der Waals surface area (Å²) in [4.78, 5) is 12.1. The van der Waals surface area contributed by atoms with Crippen LogP contribution in [0.4, 0.5) is 13.2 Å². The molecule has 0 amide bonds. The minimum atomic E-state index is -4.49. The molecule has 0 saturated carbocycles. The Balaban J connectivity index is 1.71. The first-order chi connectivity index (χ1) is 14.8. The second-order valence-electron chi connectivity index (χ2n) is 6.07. The Bertz CT molecular complexity index is 1040. The number of nitrogens with zero attached hydrogens (tertiary/aromatic N) is 2. The van der Waals surface area contributed by atoms with Gasteiger partial charge in [0, 0.05) is 5.56 Å². The Morgan fingerprint density at radius 2 is 1.58 bits per heavy atom. The number of aromatic nitrogens is 2. The Kier molecular flexibility index (Phi) is 6.33. The van der Waals surface area contributed by atoms with Gasteiger partial charge in [-0.15, -0.1) is 10.2 Å². The van der Waals surface area contributed by atoms with Gasteiger partial charge in [-0.1, -0.05) is 0 Å². The van der Waals surface area contributed by atoms with Crippen LogP contribution >= 0.6 is 0 Å². The molecule has 164 valence electrons. The van der Waals surface area contributed by atoms with Gasteiger partial charge in [0.1, 0.15) is 0 Å². The first-order valence-corrected chi connectivity index (χ1v) is 8.74. The van der Waals surface area contributed by atoms with Crippen LogP contribution in [0.5, 0.6) is 17.2 Å². The maximum Gasteiger partial charge on any atom is 0.416 e. The molecule has 3 aromatic rings. The van der Waals surface area contributed by atoms with E-state index < -0.39 is 17.7 Å². The summed E-state index contributed by atoms with van der Waals surface area (Å²) < 4.78 is 64.1. The second kappa shape index (κ2) is 8.94. The lowest BCUT2D eigenvalue weighted by Gasteiger charge is -2.12. The number of alkyl halides is 3. The lowest BCUT2D eigenvalue weighted by molar-refractivity contribution is -0.137. The van der Waals surface area contributed by atoms with Crippen LogP contribution in [0.1, 0.15) is 21.8 Å². The van der Waals surface area contributed by atoms with Gasteiger partial charge in [-0.05, 0) is 36.4 Å². The second-order valence-corrected chi connectivity index (χ2v) is 6.07. The third-order valence-electron chi connectivity index (χ3n) is 4.15. The Labute approximate surface area is 174 Å². The largest absolute Gasteiger partial charge is 0.493 e. The molecule has 0 bridgehead atoms. The Hall–Kier alpha value is -3.76. The molecule has 0 radical (unpaired) electrons. The topological polar surface area (TPSA) is 92.9 Å². The van der Waals surface area contributed by atoms with Gasteiger partial charge in [-0.3, -0.25) is 0 Å². The summed E-state index contributed by atoms with van der Waals surface area (Å²) in [6.07, 6.45) is -4.49. The average molecular weight is 438 g/mol. The predicted octanol–water partition coefficient (Wildman–Crippen LogP) is 4.14. The molecule has 3 rings (SSSR count). The standard InChI is InChI=1S/C20H17F3N2O6/c1-27-14-8-12(9-15(28-2)17(14)29-3)18-25-24-16(31-18)10-30-19(26)11-4-6-13(7-5-11)20(21,22)23/h4-9H,10H2,1-3H3. The number of rotatable bonds is 7. The van der Waals surface area contributed by atoms with E-state index >= 15 is 0 Å². The van der Waals surface area contributed by atoms with Gasteiger partial charge in [0.25, 0.3) is 5.89 Å². The number of hydrogen-bond donors (Lipinski definition) is 0. The zero-order chi connectivity index (χ0) is 22.6. The Morgan fingerprint density at radius 1 is 0.968 bits per heavy atom. The number of esters is 1. The average Bonchev–Trinajstić information content (AvgIpc) is 3.25. The van der Waals surface area contributed by atoms with Crippen LogP contribution in [0.15, 0.2) is 40.8 Å². The highest BCUT2D eigenvalue weighted by Crippen LogP contribution is 2.40. The third kappa shape index (κ3) is 4.87.